The summed E-state index contributed by atoms with van der Waals surface area (Å²) < 4.78 is 0. The maximum Gasteiger partial charge on any atom is 0.150 e. The summed E-state index contributed by atoms with van der Waals surface area (Å²) in [5.41, 5.74) is 13.2. The van der Waals surface area contributed by atoms with E-state index in [2.05, 4.69) is 197 Å². The summed E-state index contributed by atoms with van der Waals surface area (Å²) in [7, 11) is 0. The van der Waals surface area contributed by atoms with Gasteiger partial charge in [0, 0.05) is 47.6 Å². The van der Waals surface area contributed by atoms with Crippen molar-refractivity contribution in [3.8, 4) is 31.3 Å². The number of aldehydes is 2. The zero-order valence-electron chi connectivity index (χ0n) is 35.8. The Morgan fingerprint density at radius 3 is 1.09 bits per heavy atom. The number of rotatable bonds is 9. The van der Waals surface area contributed by atoms with E-state index in [1.165, 1.54) is 36.7 Å². The highest BCUT2D eigenvalue weighted by Crippen LogP contribution is 2.30. The molecule has 5 aromatic carbocycles. The van der Waals surface area contributed by atoms with E-state index >= 15 is 0 Å². The van der Waals surface area contributed by atoms with Gasteiger partial charge in [0.2, 0.25) is 0 Å². The number of carbonyl (C=O) groups is 2. The van der Waals surface area contributed by atoms with Gasteiger partial charge in [-0.25, -0.2) is 9.97 Å². The molecule has 0 saturated carbocycles. The van der Waals surface area contributed by atoms with Crippen LogP contribution in [0.2, 0.25) is 0 Å². The Hall–Kier alpha value is -7.75. The van der Waals surface area contributed by atoms with Crippen molar-refractivity contribution < 1.29 is 9.59 Å². The second-order valence-electron chi connectivity index (χ2n) is 15.3. The van der Waals surface area contributed by atoms with E-state index < -0.39 is 0 Å². The Kier molecular flexibility index (Phi) is 13.7. The lowest BCUT2D eigenvalue weighted by molar-refractivity contribution is 0.111. The average Bonchev–Trinajstić information content (AvgIpc) is 4.22. The molecule has 11 rings (SSSR count). The number of hydrogen-bond donors (Lipinski definition) is 0. The van der Waals surface area contributed by atoms with Crippen LogP contribution < -0.4 is 0 Å². The Morgan fingerprint density at radius 1 is 0.364 bits per heavy atom. The van der Waals surface area contributed by atoms with Crippen molar-refractivity contribution in [2.45, 2.75) is 6.92 Å². The molecule has 8 heteroatoms. The quantitative estimate of drug-likeness (QED) is 0.135. The molecule has 0 amide bonds. The van der Waals surface area contributed by atoms with Gasteiger partial charge in [-0.05, 0) is 136 Å². The SMILES string of the molecule is C(=C\c1ccc2cc(-c3cccs3)ccc2n1)/c1ccc(/C=C/c2ccc3cc(-c4cccs4)ccc3n2)cc1.Cc1ccc2cc(-c3cccs3)ccc2n1.O=Cc1ccc(C=O)cc1. The summed E-state index contributed by atoms with van der Waals surface area (Å²) in [6.45, 7) is 2.02. The van der Waals surface area contributed by atoms with Gasteiger partial charge in [-0.3, -0.25) is 14.6 Å². The third-order valence-electron chi connectivity index (χ3n) is 10.7. The zero-order chi connectivity index (χ0) is 45.1. The second-order valence-corrected chi connectivity index (χ2v) is 18.2. The fourth-order valence-corrected chi connectivity index (χ4v) is 9.39. The molecule has 0 unspecified atom stereocenters. The van der Waals surface area contributed by atoms with Crippen molar-refractivity contribution in [3.63, 3.8) is 0 Å². The fraction of sp³-hybridized carbons (Fsp3) is 0.0172. The van der Waals surface area contributed by atoms with Gasteiger partial charge in [-0.1, -0.05) is 115 Å². The largest absolute Gasteiger partial charge is 0.298 e. The molecule has 5 nitrogen and oxygen atoms in total. The molecule has 6 aromatic heterocycles. The van der Waals surface area contributed by atoms with Crippen LogP contribution in [0.25, 0.3) is 88.3 Å². The van der Waals surface area contributed by atoms with Crippen LogP contribution in [0.4, 0.5) is 0 Å². The van der Waals surface area contributed by atoms with Crippen molar-refractivity contribution in [3.05, 3.63) is 231 Å². The third kappa shape index (κ3) is 10.9. The van der Waals surface area contributed by atoms with Gasteiger partial charge >= 0.3 is 0 Å². The first kappa shape index (κ1) is 43.5. The highest BCUT2D eigenvalue weighted by Gasteiger charge is 2.05. The first-order valence-corrected chi connectivity index (χ1v) is 23.9. The van der Waals surface area contributed by atoms with E-state index in [0.717, 1.165) is 68.1 Å². The van der Waals surface area contributed by atoms with Crippen LogP contribution in [0.1, 0.15) is 48.9 Å². The Labute approximate surface area is 395 Å². The second kappa shape index (κ2) is 20.8. The standard InChI is InChI=1S/C36H24N2S2.C14H11NS.C8H6O2/c1-3-35(39-21-1)29-13-19-33-27(23-29)11-17-31(37-33)15-9-25-5-7-26(8-6-25)10-16-32-18-12-28-24-30(14-20-34(28)38-32)36-4-2-22-40-36;1-10-4-5-11-9-12(6-7-13(11)15-10)14-3-2-8-16-14;9-5-7-1-2-8(6-10)4-3-7/h1-24H;2-9H,1H3;1-6H/b15-9+,16-10+;;. The highest BCUT2D eigenvalue weighted by atomic mass is 32.1. The van der Waals surface area contributed by atoms with Crippen LogP contribution in [0, 0.1) is 6.92 Å². The topological polar surface area (TPSA) is 72.8 Å². The minimum atomic E-state index is 0.589. The summed E-state index contributed by atoms with van der Waals surface area (Å²) in [5.74, 6) is 0. The monoisotopic (exact) mass is 907 g/mol. The number of aromatic nitrogens is 3. The van der Waals surface area contributed by atoms with Crippen LogP contribution in [-0.4, -0.2) is 27.5 Å². The van der Waals surface area contributed by atoms with Gasteiger partial charge in [0.1, 0.15) is 12.6 Å². The molecule has 0 aliphatic rings. The van der Waals surface area contributed by atoms with Crippen LogP contribution in [0.15, 0.2) is 192 Å². The average molecular weight is 908 g/mol. The van der Waals surface area contributed by atoms with Gasteiger partial charge in [0.15, 0.2) is 0 Å². The molecule has 0 fully saturated rings. The lowest BCUT2D eigenvalue weighted by Gasteiger charge is -2.03. The minimum Gasteiger partial charge on any atom is -0.298 e. The summed E-state index contributed by atoms with van der Waals surface area (Å²) in [5, 5.41) is 9.84. The van der Waals surface area contributed by atoms with Crippen LogP contribution in [-0.2, 0) is 0 Å². The molecule has 66 heavy (non-hydrogen) atoms. The Balaban J connectivity index is 0.000000171. The number of pyridine rings is 3. The summed E-state index contributed by atoms with van der Waals surface area (Å²) in [6, 6.07) is 59.7. The molecule has 0 aliphatic carbocycles. The lowest BCUT2D eigenvalue weighted by Crippen LogP contribution is -1.84. The summed E-state index contributed by atoms with van der Waals surface area (Å²) in [4.78, 5) is 38.3. The summed E-state index contributed by atoms with van der Waals surface area (Å²) in [6.07, 6.45) is 9.85. The zero-order valence-corrected chi connectivity index (χ0v) is 38.3. The number of benzene rings is 5. The predicted molar refractivity (Wildman–Crippen MR) is 281 cm³/mol. The van der Waals surface area contributed by atoms with Gasteiger partial charge in [0.25, 0.3) is 0 Å². The van der Waals surface area contributed by atoms with E-state index in [1.807, 2.05) is 6.92 Å². The molecule has 0 radical (unpaired) electrons. The molecule has 0 N–H and O–H groups in total. The number of hydrogen-bond acceptors (Lipinski definition) is 8. The number of fused-ring (bicyclic) bond motifs is 3. The first-order valence-electron chi connectivity index (χ1n) is 21.2. The predicted octanol–water partition coefficient (Wildman–Crippen LogP) is 16.2. The molecule has 0 bridgehead atoms. The number of thiophene rings is 3. The Morgan fingerprint density at radius 2 is 0.727 bits per heavy atom. The van der Waals surface area contributed by atoms with Gasteiger partial charge in [-0.2, -0.15) is 0 Å². The van der Waals surface area contributed by atoms with Crippen molar-refractivity contribution in [1.29, 1.82) is 0 Å². The van der Waals surface area contributed by atoms with Gasteiger partial charge in [-0.15, -0.1) is 34.0 Å². The smallest absolute Gasteiger partial charge is 0.150 e. The molecule has 0 spiro atoms. The fourth-order valence-electron chi connectivity index (χ4n) is 7.22. The van der Waals surface area contributed by atoms with E-state index in [0.29, 0.717) is 11.1 Å². The van der Waals surface area contributed by atoms with Crippen LogP contribution in [0.3, 0.4) is 0 Å². The molecule has 6 heterocycles. The van der Waals surface area contributed by atoms with Crippen molar-refractivity contribution in [2.24, 2.45) is 0 Å². The first-order chi connectivity index (χ1) is 32.5. The van der Waals surface area contributed by atoms with Crippen LogP contribution >= 0.6 is 34.0 Å². The number of carbonyl (C=O) groups excluding carboxylic acids is 2. The molecule has 0 atom stereocenters. The lowest BCUT2D eigenvalue weighted by atomic mass is 10.1. The summed E-state index contributed by atoms with van der Waals surface area (Å²) >= 11 is 5.28. The molecule has 11 aromatic rings. The van der Waals surface area contributed by atoms with Crippen molar-refractivity contribution >= 4 is 104 Å². The number of aryl methyl sites for hydroxylation is 1. The molecule has 0 aliphatic heterocycles. The van der Waals surface area contributed by atoms with Gasteiger partial charge < -0.3 is 0 Å². The van der Waals surface area contributed by atoms with E-state index in [-0.39, 0.29) is 0 Å². The molecule has 0 saturated heterocycles. The van der Waals surface area contributed by atoms with Gasteiger partial charge in [0.05, 0.1) is 27.9 Å². The Bertz CT molecular complexity index is 3270. The highest BCUT2D eigenvalue weighted by molar-refractivity contribution is 7.14. The maximum absolute atomic E-state index is 10.1. The van der Waals surface area contributed by atoms with Crippen molar-refractivity contribution in [2.75, 3.05) is 0 Å². The van der Waals surface area contributed by atoms with E-state index in [4.69, 9.17) is 9.97 Å². The van der Waals surface area contributed by atoms with E-state index in [1.54, 1.807) is 58.3 Å². The molecular formula is C58H41N3O2S3. The molecule has 318 valence electrons. The molecular weight excluding hydrogens is 867 g/mol. The maximum atomic E-state index is 10.1. The normalized spacial score (nSPS) is 11.1. The van der Waals surface area contributed by atoms with Crippen LogP contribution in [0.5, 0.6) is 0 Å². The number of nitrogens with zero attached hydrogens (tertiary/aromatic N) is 3. The van der Waals surface area contributed by atoms with E-state index in [9.17, 15) is 9.59 Å². The van der Waals surface area contributed by atoms with Crippen molar-refractivity contribution in [1.82, 2.24) is 15.0 Å². The minimum absolute atomic E-state index is 0.589. The third-order valence-corrected chi connectivity index (χ3v) is 13.5.